The van der Waals surface area contributed by atoms with E-state index in [1.807, 2.05) is 63.2 Å². The van der Waals surface area contributed by atoms with Crippen molar-refractivity contribution in [3.63, 3.8) is 0 Å². The zero-order chi connectivity index (χ0) is 20.6. The summed E-state index contributed by atoms with van der Waals surface area (Å²) >= 11 is 1.44. The van der Waals surface area contributed by atoms with Crippen LogP contribution in [0, 0.1) is 13.8 Å². The van der Waals surface area contributed by atoms with Gasteiger partial charge in [-0.2, -0.15) is 0 Å². The van der Waals surface area contributed by atoms with Crippen molar-refractivity contribution < 1.29 is 9.59 Å². The molecular formula is C24H27NO2S. The number of nitrogens with zero attached hydrogens (tertiary/aromatic N) is 1. The van der Waals surface area contributed by atoms with Crippen molar-refractivity contribution in [3.05, 3.63) is 69.6 Å². The lowest BCUT2D eigenvalue weighted by Gasteiger charge is -2.21. The van der Waals surface area contributed by atoms with Gasteiger partial charge in [0.15, 0.2) is 0 Å². The van der Waals surface area contributed by atoms with Crippen LogP contribution >= 0.6 is 11.8 Å². The number of carbonyl (C=O) groups is 2. The zero-order valence-electron chi connectivity index (χ0n) is 17.4. The van der Waals surface area contributed by atoms with Crippen molar-refractivity contribution in [3.8, 4) is 0 Å². The van der Waals surface area contributed by atoms with Crippen molar-refractivity contribution in [1.29, 1.82) is 0 Å². The van der Waals surface area contributed by atoms with Crippen LogP contribution in [0.25, 0.3) is 5.57 Å². The van der Waals surface area contributed by atoms with Crippen LogP contribution in [0.2, 0.25) is 0 Å². The molecule has 0 aliphatic carbocycles. The van der Waals surface area contributed by atoms with Gasteiger partial charge in [-0.15, -0.1) is 11.8 Å². The minimum absolute atomic E-state index is 0.0175. The minimum Gasteiger partial charge on any atom is -0.268 e. The molecule has 28 heavy (non-hydrogen) atoms. The smallest absolute Gasteiger partial charge is 0.268 e. The average molecular weight is 394 g/mol. The third kappa shape index (κ3) is 3.66. The molecule has 0 radical (unpaired) electrons. The molecule has 0 spiro atoms. The Morgan fingerprint density at radius 2 is 1.54 bits per heavy atom. The van der Waals surface area contributed by atoms with Gasteiger partial charge in [0.2, 0.25) is 0 Å². The van der Waals surface area contributed by atoms with Crippen molar-refractivity contribution in [2.75, 3.05) is 10.7 Å². The molecule has 3 nitrogen and oxygen atoms in total. The molecule has 0 fully saturated rings. The van der Waals surface area contributed by atoms with Gasteiger partial charge < -0.3 is 0 Å². The summed E-state index contributed by atoms with van der Waals surface area (Å²) in [4.78, 5) is 28.3. The Balaban J connectivity index is 2.05. The molecule has 1 heterocycles. The number of thioether (sulfide) groups is 1. The van der Waals surface area contributed by atoms with Gasteiger partial charge in [0, 0.05) is 0 Å². The van der Waals surface area contributed by atoms with E-state index in [1.54, 1.807) is 0 Å². The van der Waals surface area contributed by atoms with Gasteiger partial charge in [-0.3, -0.25) is 9.59 Å². The van der Waals surface area contributed by atoms with Crippen molar-refractivity contribution in [2.24, 2.45) is 0 Å². The summed E-state index contributed by atoms with van der Waals surface area (Å²) in [6, 6.07) is 13.7. The number of hydrogen-bond donors (Lipinski definition) is 0. The quantitative estimate of drug-likeness (QED) is 0.631. The monoisotopic (exact) mass is 393 g/mol. The molecule has 146 valence electrons. The fraction of sp³-hybridized carbons (Fsp3) is 0.333. The zero-order valence-corrected chi connectivity index (χ0v) is 18.2. The highest BCUT2D eigenvalue weighted by molar-refractivity contribution is 8.04. The van der Waals surface area contributed by atoms with E-state index in [-0.39, 0.29) is 17.2 Å². The molecule has 1 aliphatic heterocycles. The van der Waals surface area contributed by atoms with E-state index in [9.17, 15) is 9.59 Å². The number of rotatable bonds is 4. The number of anilines is 1. The summed E-state index contributed by atoms with van der Waals surface area (Å²) < 4.78 is 0. The highest BCUT2D eigenvalue weighted by Gasteiger charge is 2.40. The standard InChI is InChI=1S/C24H27NO2S/c1-7-28-21-20(17-9-8-15(2)16(3)14-17)22(26)25(23(21)27)19-12-10-18(11-13-19)24(4,5)6/h8-14H,7H2,1-6H3. The number of benzene rings is 2. The van der Waals surface area contributed by atoms with E-state index in [1.165, 1.54) is 27.8 Å². The van der Waals surface area contributed by atoms with Crippen LogP contribution in [0.1, 0.15) is 49.9 Å². The van der Waals surface area contributed by atoms with E-state index < -0.39 is 0 Å². The lowest BCUT2D eigenvalue weighted by Crippen LogP contribution is -2.31. The van der Waals surface area contributed by atoms with Gasteiger partial charge in [-0.25, -0.2) is 4.90 Å². The summed E-state index contributed by atoms with van der Waals surface area (Å²) in [7, 11) is 0. The summed E-state index contributed by atoms with van der Waals surface area (Å²) in [5, 5.41) is 0. The molecule has 4 heteroatoms. The Bertz CT molecular complexity index is 965. The van der Waals surface area contributed by atoms with Gasteiger partial charge in [-0.1, -0.05) is 58.0 Å². The second-order valence-corrected chi connectivity index (χ2v) is 9.45. The third-order valence-corrected chi connectivity index (χ3v) is 6.07. The summed E-state index contributed by atoms with van der Waals surface area (Å²) in [5.74, 6) is 0.265. The molecule has 2 aromatic carbocycles. The summed E-state index contributed by atoms with van der Waals surface area (Å²) in [6.07, 6.45) is 0. The average Bonchev–Trinajstić information content (AvgIpc) is 2.87. The number of aryl methyl sites for hydroxylation is 2. The fourth-order valence-corrected chi connectivity index (χ4v) is 4.14. The van der Waals surface area contributed by atoms with Gasteiger partial charge in [-0.05, 0) is 59.4 Å². The van der Waals surface area contributed by atoms with E-state index in [0.29, 0.717) is 16.2 Å². The first-order valence-electron chi connectivity index (χ1n) is 9.59. The molecule has 0 atom stereocenters. The Morgan fingerprint density at radius 1 is 0.893 bits per heavy atom. The van der Waals surface area contributed by atoms with Crippen LogP contribution in [0.4, 0.5) is 5.69 Å². The van der Waals surface area contributed by atoms with Gasteiger partial charge in [0.25, 0.3) is 11.8 Å². The molecule has 0 bridgehead atoms. The van der Waals surface area contributed by atoms with Crippen LogP contribution in [-0.2, 0) is 15.0 Å². The molecule has 2 amide bonds. The Labute approximate surface area is 171 Å². The normalized spacial score (nSPS) is 15.0. The Kier molecular flexibility index (Phi) is 5.53. The maximum atomic E-state index is 13.3. The predicted molar refractivity (Wildman–Crippen MR) is 119 cm³/mol. The molecule has 0 aromatic heterocycles. The maximum Gasteiger partial charge on any atom is 0.272 e. The molecule has 3 rings (SSSR count). The number of carbonyl (C=O) groups excluding carboxylic acids is 2. The first-order chi connectivity index (χ1) is 13.1. The largest absolute Gasteiger partial charge is 0.272 e. The Hall–Kier alpha value is -2.33. The summed E-state index contributed by atoms with van der Waals surface area (Å²) in [5.41, 5.74) is 5.41. The molecule has 2 aromatic rings. The number of imide groups is 1. The highest BCUT2D eigenvalue weighted by Crippen LogP contribution is 2.39. The summed E-state index contributed by atoms with van der Waals surface area (Å²) in [6.45, 7) is 12.5. The van der Waals surface area contributed by atoms with E-state index >= 15 is 0 Å². The molecule has 1 aliphatic rings. The van der Waals surface area contributed by atoms with Gasteiger partial charge in [0.1, 0.15) is 0 Å². The number of amides is 2. The van der Waals surface area contributed by atoms with Crippen LogP contribution in [-0.4, -0.2) is 17.6 Å². The van der Waals surface area contributed by atoms with E-state index in [4.69, 9.17) is 0 Å². The Morgan fingerprint density at radius 3 is 2.07 bits per heavy atom. The number of hydrogen-bond acceptors (Lipinski definition) is 3. The molecule has 0 unspecified atom stereocenters. The molecular weight excluding hydrogens is 366 g/mol. The molecule has 0 saturated carbocycles. The second-order valence-electron chi connectivity index (χ2n) is 8.18. The van der Waals surface area contributed by atoms with Crippen LogP contribution < -0.4 is 4.90 Å². The molecule has 0 saturated heterocycles. The van der Waals surface area contributed by atoms with Crippen LogP contribution in [0.15, 0.2) is 47.4 Å². The van der Waals surface area contributed by atoms with Crippen LogP contribution in [0.5, 0.6) is 0 Å². The lowest BCUT2D eigenvalue weighted by molar-refractivity contribution is -0.119. The van der Waals surface area contributed by atoms with Crippen molar-refractivity contribution in [1.82, 2.24) is 0 Å². The highest BCUT2D eigenvalue weighted by atomic mass is 32.2. The second kappa shape index (κ2) is 7.59. The first-order valence-corrected chi connectivity index (χ1v) is 10.6. The topological polar surface area (TPSA) is 37.4 Å². The van der Waals surface area contributed by atoms with Crippen LogP contribution in [0.3, 0.4) is 0 Å². The van der Waals surface area contributed by atoms with E-state index in [2.05, 4.69) is 20.8 Å². The van der Waals surface area contributed by atoms with Gasteiger partial charge >= 0.3 is 0 Å². The van der Waals surface area contributed by atoms with E-state index in [0.717, 1.165) is 16.9 Å². The minimum atomic E-state index is -0.243. The van der Waals surface area contributed by atoms with Gasteiger partial charge in [0.05, 0.1) is 16.2 Å². The SMILES string of the molecule is CCSC1=C(c2ccc(C)c(C)c2)C(=O)N(c2ccc(C(C)(C)C)cc2)C1=O. The first kappa shape index (κ1) is 20.4. The van der Waals surface area contributed by atoms with Crippen molar-refractivity contribution >= 4 is 34.8 Å². The lowest BCUT2D eigenvalue weighted by atomic mass is 9.87. The fourth-order valence-electron chi connectivity index (χ4n) is 3.28. The molecule has 0 N–H and O–H groups in total. The third-order valence-electron chi connectivity index (χ3n) is 5.12. The maximum absolute atomic E-state index is 13.3. The van der Waals surface area contributed by atoms with Crippen molar-refractivity contribution in [2.45, 2.75) is 47.0 Å². The predicted octanol–water partition coefficient (Wildman–Crippen LogP) is 5.64.